The van der Waals surface area contributed by atoms with Crippen LogP contribution in [0, 0.1) is 5.92 Å². The summed E-state index contributed by atoms with van der Waals surface area (Å²) in [5, 5.41) is 2.60. The van der Waals surface area contributed by atoms with Gasteiger partial charge < -0.3 is 0 Å². The Balaban J connectivity index is 1.28. The monoisotopic (exact) mass is 374 g/mol. The largest absolute Gasteiger partial charge is 0.297 e. The Kier molecular flexibility index (Phi) is 4.19. The molecule has 0 bridgehead atoms. The maximum Gasteiger partial charge on any atom is 0.244 e. The number of hydrazine groups is 1. The number of nitrogens with one attached hydrogen (secondary N) is 2. The van der Waals surface area contributed by atoms with Crippen molar-refractivity contribution >= 4 is 39.7 Å². The van der Waals surface area contributed by atoms with Crippen molar-refractivity contribution in [3.05, 3.63) is 58.3 Å². The average molecular weight is 375 g/mol. The molecule has 2 heterocycles. The minimum Gasteiger partial charge on any atom is -0.297 e. The van der Waals surface area contributed by atoms with Crippen LogP contribution < -0.4 is 10.9 Å². The number of rotatable bonds is 4. The first-order chi connectivity index (χ1) is 12.1. The van der Waals surface area contributed by atoms with E-state index in [1.165, 1.54) is 11.3 Å². The van der Waals surface area contributed by atoms with E-state index in [1.807, 2.05) is 46.4 Å². The molecule has 0 saturated heterocycles. The molecular formula is C17H15ClN4O2S. The quantitative estimate of drug-likeness (QED) is 0.689. The van der Waals surface area contributed by atoms with E-state index in [9.17, 15) is 9.59 Å². The average Bonchev–Trinajstić information content (AvgIpc) is 3.12. The zero-order chi connectivity index (χ0) is 17.4. The van der Waals surface area contributed by atoms with Gasteiger partial charge in [0.1, 0.15) is 0 Å². The lowest BCUT2D eigenvalue weighted by atomic mass is 10.1. The number of amides is 2. The number of halogens is 1. The van der Waals surface area contributed by atoms with Crippen LogP contribution in [0.2, 0.25) is 5.02 Å². The summed E-state index contributed by atoms with van der Waals surface area (Å²) in [4.78, 5) is 29.3. The van der Waals surface area contributed by atoms with E-state index in [4.69, 9.17) is 11.6 Å². The highest BCUT2D eigenvalue weighted by Gasteiger charge is 2.44. The van der Waals surface area contributed by atoms with Crippen molar-refractivity contribution in [2.24, 2.45) is 5.92 Å². The first-order valence-corrected chi connectivity index (χ1v) is 9.12. The van der Waals surface area contributed by atoms with Gasteiger partial charge in [0.15, 0.2) is 4.96 Å². The number of fused-ring (bicyclic) bond motifs is 1. The van der Waals surface area contributed by atoms with Gasteiger partial charge in [-0.3, -0.25) is 24.8 Å². The topological polar surface area (TPSA) is 75.5 Å². The van der Waals surface area contributed by atoms with Crippen molar-refractivity contribution < 1.29 is 9.59 Å². The molecule has 1 aliphatic rings. The van der Waals surface area contributed by atoms with Crippen molar-refractivity contribution in [1.82, 2.24) is 20.2 Å². The Morgan fingerprint density at radius 2 is 2.16 bits per heavy atom. The molecule has 1 saturated carbocycles. The second-order valence-corrected chi connectivity index (χ2v) is 7.29. The summed E-state index contributed by atoms with van der Waals surface area (Å²) < 4.78 is 1.87. The standard InChI is InChI=1S/C17H15ClN4O2S/c18-14-4-2-1-3-11(14)12-8-13(12)16(24)21-20-15(23)7-10-9-22-5-6-25-17(22)19-10/h1-6,9,12-13H,7-8H2,(H,20,23)(H,21,24). The smallest absolute Gasteiger partial charge is 0.244 e. The summed E-state index contributed by atoms with van der Waals surface area (Å²) in [6.07, 6.45) is 4.55. The van der Waals surface area contributed by atoms with Gasteiger partial charge in [0.25, 0.3) is 0 Å². The van der Waals surface area contributed by atoms with E-state index in [2.05, 4.69) is 15.8 Å². The maximum atomic E-state index is 12.2. The predicted octanol–water partition coefficient (Wildman–Crippen LogP) is 2.54. The zero-order valence-corrected chi connectivity index (χ0v) is 14.7. The second-order valence-electron chi connectivity index (χ2n) is 6.01. The Hall–Kier alpha value is -2.38. The van der Waals surface area contributed by atoms with Gasteiger partial charge >= 0.3 is 0 Å². The van der Waals surface area contributed by atoms with Crippen LogP contribution in [-0.2, 0) is 16.0 Å². The normalized spacial score (nSPS) is 18.9. The van der Waals surface area contributed by atoms with Gasteiger partial charge in [-0.05, 0) is 24.0 Å². The zero-order valence-electron chi connectivity index (χ0n) is 13.1. The summed E-state index contributed by atoms with van der Waals surface area (Å²) in [6, 6.07) is 7.53. The Morgan fingerprint density at radius 3 is 2.96 bits per heavy atom. The minimum absolute atomic E-state index is 0.116. The van der Waals surface area contributed by atoms with E-state index < -0.39 is 0 Å². The Labute approximate surface area is 152 Å². The fourth-order valence-corrected chi connectivity index (χ4v) is 3.89. The highest BCUT2D eigenvalue weighted by atomic mass is 35.5. The third-order valence-corrected chi connectivity index (χ3v) is 5.36. The van der Waals surface area contributed by atoms with Crippen LogP contribution in [0.25, 0.3) is 4.96 Å². The van der Waals surface area contributed by atoms with E-state index in [1.54, 1.807) is 0 Å². The van der Waals surface area contributed by atoms with Gasteiger partial charge in [0.2, 0.25) is 11.8 Å². The summed E-state index contributed by atoms with van der Waals surface area (Å²) in [5.74, 6) is -0.526. The molecular weight excluding hydrogens is 360 g/mol. The number of benzene rings is 1. The third kappa shape index (κ3) is 3.38. The molecule has 25 heavy (non-hydrogen) atoms. The number of carbonyl (C=O) groups excluding carboxylic acids is 2. The summed E-state index contributed by atoms with van der Waals surface area (Å²) >= 11 is 7.67. The molecule has 0 spiro atoms. The molecule has 2 aromatic heterocycles. The van der Waals surface area contributed by atoms with Crippen molar-refractivity contribution in [2.75, 3.05) is 0 Å². The van der Waals surface area contributed by atoms with Crippen molar-refractivity contribution in [2.45, 2.75) is 18.8 Å². The molecule has 0 radical (unpaired) electrons. The molecule has 0 aliphatic heterocycles. The fraction of sp³-hybridized carbons (Fsp3) is 0.235. The van der Waals surface area contributed by atoms with Gasteiger partial charge in [-0.25, -0.2) is 4.98 Å². The molecule has 2 N–H and O–H groups in total. The van der Waals surface area contributed by atoms with Crippen LogP contribution in [0.15, 0.2) is 42.0 Å². The predicted molar refractivity (Wildman–Crippen MR) is 95.4 cm³/mol. The molecule has 8 heteroatoms. The van der Waals surface area contributed by atoms with Crippen molar-refractivity contribution in [1.29, 1.82) is 0 Å². The summed E-state index contributed by atoms with van der Waals surface area (Å²) in [5.41, 5.74) is 6.60. The van der Waals surface area contributed by atoms with Gasteiger partial charge in [0, 0.05) is 28.7 Å². The maximum absolute atomic E-state index is 12.2. The van der Waals surface area contributed by atoms with Crippen LogP contribution in [0.4, 0.5) is 0 Å². The van der Waals surface area contributed by atoms with E-state index in [0.29, 0.717) is 10.7 Å². The van der Waals surface area contributed by atoms with Gasteiger partial charge in [-0.2, -0.15) is 0 Å². The summed E-state index contributed by atoms with van der Waals surface area (Å²) in [7, 11) is 0. The molecule has 128 valence electrons. The number of hydrogen-bond donors (Lipinski definition) is 2. The number of imidazole rings is 1. The molecule has 3 aromatic rings. The molecule has 4 rings (SSSR count). The van der Waals surface area contributed by atoms with Crippen molar-refractivity contribution in [3.63, 3.8) is 0 Å². The molecule has 1 aromatic carbocycles. The molecule has 2 amide bonds. The molecule has 1 aliphatic carbocycles. The number of aromatic nitrogens is 2. The number of carbonyl (C=O) groups is 2. The van der Waals surface area contributed by atoms with Crippen LogP contribution >= 0.6 is 22.9 Å². The first-order valence-electron chi connectivity index (χ1n) is 7.86. The van der Waals surface area contributed by atoms with Gasteiger partial charge in [0.05, 0.1) is 12.1 Å². The first kappa shape index (κ1) is 16.1. The van der Waals surface area contributed by atoms with Crippen LogP contribution in [0.3, 0.4) is 0 Å². The number of thiazole rings is 1. The SMILES string of the molecule is O=C(Cc1cn2ccsc2n1)NNC(=O)C1CC1c1ccccc1Cl. The third-order valence-electron chi connectivity index (χ3n) is 4.24. The highest BCUT2D eigenvalue weighted by Crippen LogP contribution is 2.49. The molecule has 2 unspecified atom stereocenters. The molecule has 1 fully saturated rings. The Morgan fingerprint density at radius 1 is 1.32 bits per heavy atom. The molecule has 2 atom stereocenters. The lowest BCUT2D eigenvalue weighted by molar-refractivity contribution is -0.129. The van der Waals surface area contributed by atoms with E-state index in [0.717, 1.165) is 16.9 Å². The highest BCUT2D eigenvalue weighted by molar-refractivity contribution is 7.15. The van der Waals surface area contributed by atoms with E-state index >= 15 is 0 Å². The lowest BCUT2D eigenvalue weighted by Crippen LogP contribution is -2.43. The minimum atomic E-state index is -0.297. The van der Waals surface area contributed by atoms with Crippen LogP contribution in [0.1, 0.15) is 23.6 Å². The van der Waals surface area contributed by atoms with Gasteiger partial charge in [-0.15, -0.1) is 11.3 Å². The lowest BCUT2D eigenvalue weighted by Gasteiger charge is -2.07. The number of hydrogen-bond acceptors (Lipinski definition) is 4. The second kappa shape index (κ2) is 6.50. The Bertz CT molecular complexity index is 922. The van der Waals surface area contributed by atoms with Crippen LogP contribution in [0.5, 0.6) is 0 Å². The van der Waals surface area contributed by atoms with Gasteiger partial charge in [-0.1, -0.05) is 29.8 Å². The van der Waals surface area contributed by atoms with E-state index in [-0.39, 0.29) is 30.1 Å². The number of nitrogens with zero attached hydrogens (tertiary/aromatic N) is 2. The van der Waals surface area contributed by atoms with Crippen LogP contribution in [-0.4, -0.2) is 21.2 Å². The molecule has 6 nitrogen and oxygen atoms in total. The summed E-state index contributed by atoms with van der Waals surface area (Å²) in [6.45, 7) is 0. The van der Waals surface area contributed by atoms with Crippen molar-refractivity contribution in [3.8, 4) is 0 Å². The fourth-order valence-electron chi connectivity index (χ4n) is 2.90.